The summed E-state index contributed by atoms with van der Waals surface area (Å²) in [6, 6.07) is 0.541. The summed E-state index contributed by atoms with van der Waals surface area (Å²) in [5.74, 6) is 0.854. The molecule has 2 heterocycles. The molecule has 1 N–H and O–H groups in total. The summed E-state index contributed by atoms with van der Waals surface area (Å²) in [6.07, 6.45) is 7.71. The van der Waals surface area contributed by atoms with Gasteiger partial charge in [0.15, 0.2) is 0 Å². The Morgan fingerprint density at radius 2 is 1.96 bits per heavy atom. The fraction of sp³-hybridized carbons (Fsp3) is 0.556. The van der Waals surface area contributed by atoms with E-state index in [-0.39, 0.29) is 18.1 Å². The first-order valence-electron chi connectivity index (χ1n) is 8.86. The highest BCUT2D eigenvalue weighted by Crippen LogP contribution is 2.23. The highest BCUT2D eigenvalue weighted by atomic mass is 35.5. The van der Waals surface area contributed by atoms with Crippen LogP contribution in [-0.4, -0.2) is 33.2 Å². The third kappa shape index (κ3) is 4.94. The SMILES string of the molecule is Cc1noc(C)c1CCC(=O)NC1CCC(Oc2ncc(Cl)cn2)CC1. The minimum atomic E-state index is 0.0652. The van der Waals surface area contributed by atoms with Gasteiger partial charge in [-0.1, -0.05) is 16.8 Å². The molecule has 0 saturated heterocycles. The van der Waals surface area contributed by atoms with Gasteiger partial charge >= 0.3 is 6.01 Å². The number of carbonyl (C=O) groups excluding carboxylic acids is 1. The molecule has 1 aliphatic rings. The molecule has 0 aliphatic heterocycles. The lowest BCUT2D eigenvalue weighted by Gasteiger charge is -2.28. The van der Waals surface area contributed by atoms with Crippen LogP contribution in [0.2, 0.25) is 5.02 Å². The monoisotopic (exact) mass is 378 g/mol. The summed E-state index contributed by atoms with van der Waals surface area (Å²) in [5, 5.41) is 7.52. The lowest BCUT2D eigenvalue weighted by Crippen LogP contribution is -2.39. The molecule has 7 nitrogen and oxygen atoms in total. The number of hydrogen-bond acceptors (Lipinski definition) is 6. The standard InChI is InChI=1S/C18H23ClN4O3/c1-11-16(12(2)26-23-11)7-8-17(24)22-14-3-5-15(6-4-14)25-18-20-9-13(19)10-21-18/h9-10,14-15H,3-8H2,1-2H3,(H,22,24). The van der Waals surface area contributed by atoms with E-state index in [1.807, 2.05) is 13.8 Å². The minimum absolute atomic E-state index is 0.0652. The van der Waals surface area contributed by atoms with E-state index in [9.17, 15) is 4.79 Å². The van der Waals surface area contributed by atoms with Crippen molar-refractivity contribution < 1.29 is 14.1 Å². The molecular weight excluding hydrogens is 356 g/mol. The topological polar surface area (TPSA) is 90.1 Å². The average molecular weight is 379 g/mol. The third-order valence-corrected chi connectivity index (χ3v) is 4.89. The maximum absolute atomic E-state index is 12.2. The minimum Gasteiger partial charge on any atom is -0.460 e. The fourth-order valence-electron chi connectivity index (χ4n) is 3.23. The number of aryl methyl sites for hydroxylation is 2. The van der Waals surface area contributed by atoms with Crippen molar-refractivity contribution in [3.8, 4) is 6.01 Å². The van der Waals surface area contributed by atoms with E-state index in [0.29, 0.717) is 23.9 Å². The smallest absolute Gasteiger partial charge is 0.316 e. The van der Waals surface area contributed by atoms with E-state index in [0.717, 1.165) is 42.7 Å². The number of rotatable bonds is 6. The number of nitrogens with one attached hydrogen (secondary N) is 1. The van der Waals surface area contributed by atoms with Crippen LogP contribution in [-0.2, 0) is 11.2 Å². The second-order valence-electron chi connectivity index (χ2n) is 6.65. The van der Waals surface area contributed by atoms with Crippen LogP contribution in [0.4, 0.5) is 0 Å². The molecule has 2 aromatic heterocycles. The molecule has 1 aliphatic carbocycles. The quantitative estimate of drug-likeness (QED) is 0.830. The van der Waals surface area contributed by atoms with Crippen molar-refractivity contribution in [2.75, 3.05) is 0 Å². The zero-order chi connectivity index (χ0) is 18.5. The number of aromatic nitrogens is 3. The van der Waals surface area contributed by atoms with Crippen LogP contribution in [0.15, 0.2) is 16.9 Å². The zero-order valence-corrected chi connectivity index (χ0v) is 15.8. The van der Waals surface area contributed by atoms with Gasteiger partial charge in [0.25, 0.3) is 0 Å². The molecule has 8 heteroatoms. The molecule has 0 radical (unpaired) electrons. The number of ether oxygens (including phenoxy) is 1. The molecule has 26 heavy (non-hydrogen) atoms. The highest BCUT2D eigenvalue weighted by Gasteiger charge is 2.24. The first-order valence-corrected chi connectivity index (χ1v) is 9.24. The Kier molecular flexibility index (Phi) is 6.08. The fourth-order valence-corrected chi connectivity index (χ4v) is 3.33. The van der Waals surface area contributed by atoms with Crippen molar-refractivity contribution in [3.63, 3.8) is 0 Å². The Bertz CT molecular complexity index is 720. The third-order valence-electron chi connectivity index (χ3n) is 4.69. The number of nitrogens with zero attached hydrogens (tertiary/aromatic N) is 3. The normalized spacial score (nSPS) is 20.0. The van der Waals surface area contributed by atoms with Crippen molar-refractivity contribution >= 4 is 17.5 Å². The molecule has 0 bridgehead atoms. The van der Waals surface area contributed by atoms with Crippen LogP contribution in [0.5, 0.6) is 6.01 Å². The van der Waals surface area contributed by atoms with Gasteiger partial charge in [0.1, 0.15) is 11.9 Å². The number of hydrogen-bond donors (Lipinski definition) is 1. The van der Waals surface area contributed by atoms with E-state index in [1.165, 1.54) is 12.4 Å². The lowest BCUT2D eigenvalue weighted by atomic mass is 9.93. The summed E-state index contributed by atoms with van der Waals surface area (Å²) >= 11 is 5.77. The van der Waals surface area contributed by atoms with E-state index in [1.54, 1.807) is 0 Å². The number of halogens is 1. The van der Waals surface area contributed by atoms with Crippen molar-refractivity contribution in [1.82, 2.24) is 20.4 Å². The summed E-state index contributed by atoms with van der Waals surface area (Å²) in [4.78, 5) is 20.3. The second kappa shape index (κ2) is 8.49. The van der Waals surface area contributed by atoms with Crippen LogP contribution in [0.1, 0.15) is 49.1 Å². The van der Waals surface area contributed by atoms with Gasteiger partial charge in [-0.3, -0.25) is 4.79 Å². The van der Waals surface area contributed by atoms with Crippen LogP contribution in [0.3, 0.4) is 0 Å². The Morgan fingerprint density at radius 3 is 2.58 bits per heavy atom. The maximum atomic E-state index is 12.2. The Morgan fingerprint density at radius 1 is 1.27 bits per heavy atom. The summed E-state index contributed by atoms with van der Waals surface area (Å²) in [7, 11) is 0. The molecule has 3 rings (SSSR count). The Hall–Kier alpha value is -2.15. The van der Waals surface area contributed by atoms with Crippen LogP contribution >= 0.6 is 11.6 Å². The van der Waals surface area contributed by atoms with Crippen molar-refractivity contribution in [2.45, 2.75) is 64.5 Å². The first-order chi connectivity index (χ1) is 12.5. The van der Waals surface area contributed by atoms with Crippen LogP contribution < -0.4 is 10.1 Å². The molecule has 2 aromatic rings. The zero-order valence-electron chi connectivity index (χ0n) is 15.0. The Balaban J connectivity index is 1.39. The van der Waals surface area contributed by atoms with Crippen molar-refractivity contribution in [2.24, 2.45) is 0 Å². The van der Waals surface area contributed by atoms with Crippen LogP contribution in [0.25, 0.3) is 0 Å². The summed E-state index contributed by atoms with van der Waals surface area (Å²) in [6.45, 7) is 3.77. The maximum Gasteiger partial charge on any atom is 0.316 e. The highest BCUT2D eigenvalue weighted by molar-refractivity contribution is 6.30. The van der Waals surface area contributed by atoms with Gasteiger partial charge < -0.3 is 14.6 Å². The van der Waals surface area contributed by atoms with Gasteiger partial charge in [0.05, 0.1) is 23.1 Å². The van der Waals surface area contributed by atoms with Gasteiger partial charge in [0, 0.05) is 18.0 Å². The van der Waals surface area contributed by atoms with Gasteiger partial charge in [0.2, 0.25) is 5.91 Å². The van der Waals surface area contributed by atoms with E-state index in [2.05, 4.69) is 20.4 Å². The van der Waals surface area contributed by atoms with E-state index >= 15 is 0 Å². The van der Waals surface area contributed by atoms with Crippen molar-refractivity contribution in [1.29, 1.82) is 0 Å². The van der Waals surface area contributed by atoms with Gasteiger partial charge in [-0.25, -0.2) is 9.97 Å². The lowest BCUT2D eigenvalue weighted by molar-refractivity contribution is -0.122. The van der Waals surface area contributed by atoms with Gasteiger partial charge in [-0.2, -0.15) is 0 Å². The van der Waals surface area contributed by atoms with E-state index < -0.39 is 0 Å². The predicted octanol–water partition coefficient (Wildman–Crippen LogP) is 3.17. The summed E-state index contributed by atoms with van der Waals surface area (Å²) in [5.41, 5.74) is 1.89. The molecule has 0 unspecified atom stereocenters. The van der Waals surface area contributed by atoms with Gasteiger partial charge in [-0.15, -0.1) is 0 Å². The molecule has 140 valence electrons. The summed E-state index contributed by atoms with van der Waals surface area (Å²) < 4.78 is 10.9. The molecule has 1 amide bonds. The van der Waals surface area contributed by atoms with Gasteiger partial charge in [-0.05, 0) is 46.0 Å². The number of carbonyl (C=O) groups is 1. The van der Waals surface area contributed by atoms with Crippen molar-refractivity contribution in [3.05, 3.63) is 34.4 Å². The second-order valence-corrected chi connectivity index (χ2v) is 7.08. The average Bonchev–Trinajstić information content (AvgIpc) is 2.95. The first kappa shape index (κ1) is 18.6. The molecule has 1 saturated carbocycles. The molecule has 0 spiro atoms. The van der Waals surface area contributed by atoms with Crippen LogP contribution in [0, 0.1) is 13.8 Å². The largest absolute Gasteiger partial charge is 0.460 e. The molecule has 1 fully saturated rings. The molecule has 0 aromatic carbocycles. The molecule has 0 atom stereocenters. The Labute approximate surface area is 157 Å². The number of amides is 1. The van der Waals surface area contributed by atoms with E-state index in [4.69, 9.17) is 20.9 Å². The molecular formula is C18H23ClN4O3. The predicted molar refractivity (Wildman–Crippen MR) is 96.2 cm³/mol.